The van der Waals surface area contributed by atoms with Crippen molar-refractivity contribution in [3.63, 3.8) is 0 Å². The first-order valence-corrected chi connectivity index (χ1v) is 16.7. The molecule has 0 amide bonds. The van der Waals surface area contributed by atoms with E-state index in [0.29, 0.717) is 17.4 Å². The number of hydrogen-bond acceptors (Lipinski definition) is 12. The standard InChI is InChI=1S/C16H12N2O5S.C14H16N2O5S/c19-18(20)16-10-15(13-8-4-5-9-14(13)17-16)24(21,22)23-11-12-6-2-1-3-7-12;1-2-3-6-9-21-22(19,20)13-10-14(16(17)18)15-12-8-5-4-7-11(12)13/h1-10H,11H2;4-5,7-8,10H,2-3,6,9H2,1H3. The van der Waals surface area contributed by atoms with Crippen molar-refractivity contribution < 1.29 is 35.0 Å². The Morgan fingerprint density at radius 2 is 1.11 bits per heavy atom. The SMILES string of the molecule is CCCCCOS(=O)(=O)c1cc([N+](=O)[O-])nc2ccccc12.O=[N+]([O-])c1cc(S(=O)(=O)OCc2ccccc2)c2ccccc2n1. The van der Waals surface area contributed by atoms with Crippen LogP contribution in [-0.4, -0.2) is 43.3 Å². The largest absolute Gasteiger partial charge is 0.365 e. The van der Waals surface area contributed by atoms with Crippen LogP contribution in [-0.2, 0) is 35.2 Å². The molecule has 0 atom stereocenters. The molecule has 3 aromatic carbocycles. The number of aromatic nitrogens is 2. The number of nitrogens with zero attached hydrogens (tertiary/aromatic N) is 4. The van der Waals surface area contributed by atoms with Crippen molar-refractivity contribution in [2.24, 2.45) is 0 Å². The molecule has 0 saturated heterocycles. The third kappa shape index (κ3) is 8.42. The van der Waals surface area contributed by atoms with Gasteiger partial charge in [0.25, 0.3) is 20.2 Å². The number of para-hydroxylation sites is 2. The summed E-state index contributed by atoms with van der Waals surface area (Å²) in [5.74, 6) is -1.06. The third-order valence-corrected chi connectivity index (χ3v) is 9.11. The van der Waals surface area contributed by atoms with Crippen molar-refractivity contribution in [1.82, 2.24) is 9.97 Å². The van der Waals surface area contributed by atoms with Gasteiger partial charge in [0.05, 0.1) is 25.3 Å². The zero-order valence-electron chi connectivity index (χ0n) is 24.4. The van der Waals surface area contributed by atoms with Crippen LogP contribution in [0, 0.1) is 20.2 Å². The van der Waals surface area contributed by atoms with Crippen molar-refractivity contribution in [2.45, 2.75) is 42.6 Å². The zero-order chi connectivity index (χ0) is 33.3. The maximum absolute atomic E-state index is 12.5. The van der Waals surface area contributed by atoms with Gasteiger partial charge in [0.1, 0.15) is 9.79 Å². The molecule has 2 aromatic heterocycles. The quantitative estimate of drug-likeness (QED) is 0.0642. The summed E-state index contributed by atoms with van der Waals surface area (Å²) in [6, 6.07) is 23.3. The molecule has 0 N–H and O–H groups in total. The lowest BCUT2D eigenvalue weighted by Gasteiger charge is -2.07. The van der Waals surface area contributed by atoms with Gasteiger partial charge in [-0.2, -0.15) is 16.8 Å². The van der Waals surface area contributed by atoms with E-state index < -0.39 is 41.7 Å². The highest BCUT2D eigenvalue weighted by atomic mass is 32.2. The van der Waals surface area contributed by atoms with Crippen LogP contribution < -0.4 is 0 Å². The topological polar surface area (TPSA) is 199 Å². The molecule has 0 unspecified atom stereocenters. The van der Waals surface area contributed by atoms with Gasteiger partial charge in [-0.3, -0.25) is 8.37 Å². The first-order chi connectivity index (χ1) is 21.9. The molecule has 0 spiro atoms. The average Bonchev–Trinajstić information content (AvgIpc) is 3.05. The maximum Gasteiger partial charge on any atom is 0.365 e. The molecule has 0 aliphatic heterocycles. The fourth-order valence-electron chi connectivity index (χ4n) is 4.23. The highest BCUT2D eigenvalue weighted by molar-refractivity contribution is 7.87. The molecule has 0 bridgehead atoms. The van der Waals surface area contributed by atoms with Gasteiger partial charge in [0.2, 0.25) is 0 Å². The molecule has 5 aromatic rings. The predicted octanol–water partition coefficient (Wildman–Crippen LogP) is 6.09. The number of rotatable bonds is 12. The summed E-state index contributed by atoms with van der Waals surface area (Å²) in [5.41, 5.74) is 1.13. The molecule has 46 heavy (non-hydrogen) atoms. The molecule has 0 saturated carbocycles. The van der Waals surface area contributed by atoms with Gasteiger partial charge in [-0.05, 0) is 56.1 Å². The minimum Gasteiger partial charge on any atom is -0.358 e. The van der Waals surface area contributed by atoms with Gasteiger partial charge >= 0.3 is 11.6 Å². The second kappa shape index (κ2) is 14.9. The average molecular weight is 669 g/mol. The molecule has 5 rings (SSSR count). The fraction of sp³-hybridized carbons (Fsp3) is 0.200. The van der Waals surface area contributed by atoms with Crippen LogP contribution in [0.5, 0.6) is 0 Å². The summed E-state index contributed by atoms with van der Waals surface area (Å²) < 4.78 is 59.7. The minimum absolute atomic E-state index is 0.0562. The van der Waals surface area contributed by atoms with Crippen molar-refractivity contribution in [3.8, 4) is 0 Å². The number of fused-ring (bicyclic) bond motifs is 2. The highest BCUT2D eigenvalue weighted by Gasteiger charge is 2.26. The molecule has 2 heterocycles. The second-order valence-electron chi connectivity index (χ2n) is 9.69. The lowest BCUT2D eigenvalue weighted by atomic mass is 10.2. The molecular formula is C30H28N4O10S2. The summed E-state index contributed by atoms with van der Waals surface area (Å²) in [6.45, 7) is 1.89. The predicted molar refractivity (Wildman–Crippen MR) is 168 cm³/mol. The smallest absolute Gasteiger partial charge is 0.358 e. The van der Waals surface area contributed by atoms with E-state index in [2.05, 4.69) is 9.97 Å². The Kier molecular flexibility index (Phi) is 11.0. The summed E-state index contributed by atoms with van der Waals surface area (Å²) in [4.78, 5) is 27.7. The van der Waals surface area contributed by atoms with E-state index in [1.54, 1.807) is 60.7 Å². The Labute approximate surface area is 264 Å². The van der Waals surface area contributed by atoms with Crippen LogP contribution in [0.2, 0.25) is 0 Å². The molecular weight excluding hydrogens is 640 g/mol. The Bertz CT molecular complexity index is 2090. The number of nitro groups is 2. The van der Waals surface area contributed by atoms with Crippen LogP contribution in [0.15, 0.2) is 101 Å². The lowest BCUT2D eigenvalue weighted by Crippen LogP contribution is -2.09. The van der Waals surface area contributed by atoms with E-state index in [0.717, 1.165) is 25.0 Å². The van der Waals surface area contributed by atoms with Crippen molar-refractivity contribution >= 4 is 53.7 Å². The molecule has 0 fully saturated rings. The number of unbranched alkanes of at least 4 members (excludes halogenated alkanes) is 2. The normalized spacial score (nSPS) is 11.6. The van der Waals surface area contributed by atoms with Crippen molar-refractivity contribution in [3.05, 3.63) is 117 Å². The Hall–Kier alpha value is -4.90. The second-order valence-corrected chi connectivity index (χ2v) is 12.9. The van der Waals surface area contributed by atoms with Gasteiger partial charge in [-0.15, -0.1) is 0 Å². The Morgan fingerprint density at radius 3 is 1.59 bits per heavy atom. The van der Waals surface area contributed by atoms with Gasteiger partial charge in [-0.25, -0.2) is 0 Å². The van der Waals surface area contributed by atoms with Crippen LogP contribution in [0.3, 0.4) is 0 Å². The van der Waals surface area contributed by atoms with E-state index in [-0.39, 0.29) is 39.4 Å². The summed E-state index contributed by atoms with van der Waals surface area (Å²) in [7, 11) is -8.25. The van der Waals surface area contributed by atoms with E-state index in [1.165, 1.54) is 18.2 Å². The number of benzene rings is 3. The highest BCUT2D eigenvalue weighted by Crippen LogP contribution is 2.29. The maximum atomic E-state index is 12.5. The van der Waals surface area contributed by atoms with Gasteiger partial charge < -0.3 is 20.2 Å². The van der Waals surface area contributed by atoms with Crippen LogP contribution in [0.25, 0.3) is 21.8 Å². The van der Waals surface area contributed by atoms with Gasteiger partial charge in [0.15, 0.2) is 11.0 Å². The van der Waals surface area contributed by atoms with Gasteiger partial charge in [-0.1, -0.05) is 74.4 Å². The van der Waals surface area contributed by atoms with Crippen LogP contribution >= 0.6 is 0 Å². The van der Waals surface area contributed by atoms with Crippen molar-refractivity contribution in [2.75, 3.05) is 6.61 Å². The molecule has 16 heteroatoms. The lowest BCUT2D eigenvalue weighted by molar-refractivity contribution is -0.389. The fourth-order valence-corrected chi connectivity index (χ4v) is 6.49. The molecule has 0 aliphatic carbocycles. The van der Waals surface area contributed by atoms with Crippen molar-refractivity contribution in [1.29, 1.82) is 0 Å². The molecule has 240 valence electrons. The summed E-state index contributed by atoms with van der Waals surface area (Å²) in [5, 5.41) is 22.5. The first-order valence-electron chi connectivity index (χ1n) is 13.8. The van der Waals surface area contributed by atoms with E-state index >= 15 is 0 Å². The van der Waals surface area contributed by atoms with Crippen LogP contribution in [0.1, 0.15) is 31.7 Å². The minimum atomic E-state index is -4.19. The van der Waals surface area contributed by atoms with E-state index in [9.17, 15) is 37.1 Å². The van der Waals surface area contributed by atoms with Gasteiger partial charge in [0, 0.05) is 10.8 Å². The number of hydrogen-bond donors (Lipinski definition) is 0. The monoisotopic (exact) mass is 668 g/mol. The Morgan fingerprint density at radius 1 is 0.652 bits per heavy atom. The third-order valence-electron chi connectivity index (χ3n) is 6.45. The van der Waals surface area contributed by atoms with E-state index in [4.69, 9.17) is 8.37 Å². The molecule has 0 radical (unpaired) electrons. The number of pyridine rings is 2. The molecule has 0 aliphatic rings. The summed E-state index contributed by atoms with van der Waals surface area (Å²) >= 11 is 0. The Balaban J connectivity index is 0.000000210. The van der Waals surface area contributed by atoms with E-state index in [1.807, 2.05) is 6.92 Å². The molecule has 14 nitrogen and oxygen atoms in total. The first kappa shape index (κ1) is 34.0. The summed E-state index contributed by atoms with van der Waals surface area (Å²) in [6.07, 6.45) is 2.40. The zero-order valence-corrected chi connectivity index (χ0v) is 26.0. The van der Waals surface area contributed by atoms with Crippen LogP contribution in [0.4, 0.5) is 11.6 Å².